The molecule has 1 fully saturated rings. The summed E-state index contributed by atoms with van der Waals surface area (Å²) in [6, 6.07) is 3.33. The van der Waals surface area contributed by atoms with Crippen molar-refractivity contribution in [2.45, 2.75) is 32.1 Å². The Morgan fingerprint density at radius 1 is 1.25 bits per heavy atom. The van der Waals surface area contributed by atoms with Crippen LogP contribution in [0.1, 0.15) is 32.1 Å². The van der Waals surface area contributed by atoms with Crippen LogP contribution in [0, 0.1) is 5.92 Å². The van der Waals surface area contributed by atoms with E-state index in [4.69, 9.17) is 21.1 Å². The van der Waals surface area contributed by atoms with Gasteiger partial charge in [0.1, 0.15) is 11.5 Å². The van der Waals surface area contributed by atoms with Gasteiger partial charge in [0.25, 0.3) is 0 Å². The maximum atomic E-state index is 12.1. The molecule has 2 rings (SSSR count). The summed E-state index contributed by atoms with van der Waals surface area (Å²) < 4.78 is 10.4. The summed E-state index contributed by atoms with van der Waals surface area (Å²) in [6.07, 6.45) is 5.32. The Morgan fingerprint density at radius 3 is 2.50 bits per heavy atom. The van der Waals surface area contributed by atoms with Gasteiger partial charge >= 0.3 is 0 Å². The molecule has 0 aliphatic heterocycles. The summed E-state index contributed by atoms with van der Waals surface area (Å²) in [5.41, 5.74) is 0.585. The zero-order valence-electron chi connectivity index (χ0n) is 11.9. The fourth-order valence-corrected chi connectivity index (χ4v) is 2.88. The minimum Gasteiger partial charge on any atom is -0.495 e. The van der Waals surface area contributed by atoms with Crippen molar-refractivity contribution in [2.75, 3.05) is 19.5 Å². The van der Waals surface area contributed by atoms with E-state index < -0.39 is 0 Å². The van der Waals surface area contributed by atoms with Gasteiger partial charge in [0.2, 0.25) is 5.91 Å². The van der Waals surface area contributed by atoms with Crippen molar-refractivity contribution >= 4 is 23.2 Å². The summed E-state index contributed by atoms with van der Waals surface area (Å²) in [4.78, 5) is 12.1. The first-order chi connectivity index (χ1) is 9.63. The number of halogens is 1. The molecular formula is C15H20ClNO3. The Labute approximate surface area is 124 Å². The second kappa shape index (κ2) is 6.84. The molecule has 0 heterocycles. The predicted octanol–water partition coefficient (Wildman–Crippen LogP) is 3.88. The summed E-state index contributed by atoms with van der Waals surface area (Å²) in [5, 5.41) is 3.33. The lowest BCUT2D eigenvalue weighted by Crippen LogP contribution is -2.15. The van der Waals surface area contributed by atoms with Gasteiger partial charge in [0, 0.05) is 12.5 Å². The molecular weight excluding hydrogens is 278 g/mol. The molecule has 5 heteroatoms. The van der Waals surface area contributed by atoms with E-state index in [1.807, 2.05) is 0 Å². The molecule has 1 aliphatic carbocycles. The first kappa shape index (κ1) is 15.0. The fraction of sp³-hybridized carbons (Fsp3) is 0.533. The average Bonchev–Trinajstić information content (AvgIpc) is 2.91. The number of carbonyl (C=O) groups excluding carboxylic acids is 1. The van der Waals surface area contributed by atoms with Crippen LogP contribution < -0.4 is 14.8 Å². The van der Waals surface area contributed by atoms with Crippen LogP contribution in [0.25, 0.3) is 0 Å². The Morgan fingerprint density at radius 2 is 1.90 bits per heavy atom. The molecule has 1 amide bonds. The maximum absolute atomic E-state index is 12.1. The molecule has 0 spiro atoms. The van der Waals surface area contributed by atoms with Gasteiger partial charge < -0.3 is 14.8 Å². The molecule has 20 heavy (non-hydrogen) atoms. The lowest BCUT2D eigenvalue weighted by molar-refractivity contribution is -0.117. The zero-order valence-corrected chi connectivity index (χ0v) is 12.6. The topological polar surface area (TPSA) is 47.6 Å². The van der Waals surface area contributed by atoms with E-state index >= 15 is 0 Å². The highest BCUT2D eigenvalue weighted by Crippen LogP contribution is 2.36. The normalized spacial score (nSPS) is 15.2. The van der Waals surface area contributed by atoms with Gasteiger partial charge in [0.05, 0.1) is 24.9 Å². The largest absolute Gasteiger partial charge is 0.495 e. The SMILES string of the molecule is COc1cc(OC)c(NC(=O)CC2CCCC2)cc1Cl. The second-order valence-corrected chi connectivity index (χ2v) is 5.50. The molecule has 1 aliphatic rings. The van der Waals surface area contributed by atoms with Crippen molar-refractivity contribution in [1.82, 2.24) is 0 Å². The third-order valence-electron chi connectivity index (χ3n) is 3.70. The number of benzene rings is 1. The smallest absolute Gasteiger partial charge is 0.224 e. The van der Waals surface area contributed by atoms with E-state index in [0.29, 0.717) is 34.5 Å². The van der Waals surface area contributed by atoms with Crippen LogP contribution in [-0.2, 0) is 4.79 Å². The molecule has 0 bridgehead atoms. The molecule has 1 aromatic rings. The van der Waals surface area contributed by atoms with E-state index in [2.05, 4.69) is 5.32 Å². The van der Waals surface area contributed by atoms with Crippen molar-refractivity contribution < 1.29 is 14.3 Å². The number of hydrogen-bond acceptors (Lipinski definition) is 3. The summed E-state index contributed by atoms with van der Waals surface area (Å²) >= 11 is 6.08. The van der Waals surface area contributed by atoms with Gasteiger partial charge in [-0.05, 0) is 24.8 Å². The van der Waals surface area contributed by atoms with Crippen molar-refractivity contribution in [1.29, 1.82) is 0 Å². The van der Waals surface area contributed by atoms with Gasteiger partial charge in [-0.2, -0.15) is 0 Å². The highest BCUT2D eigenvalue weighted by Gasteiger charge is 2.19. The molecule has 1 saturated carbocycles. The van der Waals surface area contributed by atoms with Crippen molar-refractivity contribution in [3.8, 4) is 11.5 Å². The number of amides is 1. The molecule has 1 aromatic carbocycles. The minimum atomic E-state index is 0.0106. The average molecular weight is 298 g/mol. The van der Waals surface area contributed by atoms with Gasteiger partial charge in [0.15, 0.2) is 0 Å². The number of ether oxygens (including phenoxy) is 2. The Hall–Kier alpha value is -1.42. The first-order valence-electron chi connectivity index (χ1n) is 6.85. The van der Waals surface area contributed by atoms with Crippen LogP contribution in [0.15, 0.2) is 12.1 Å². The van der Waals surface area contributed by atoms with Gasteiger partial charge in [-0.25, -0.2) is 0 Å². The van der Waals surface area contributed by atoms with Crippen LogP contribution >= 0.6 is 11.6 Å². The van der Waals surface area contributed by atoms with E-state index in [1.165, 1.54) is 12.8 Å². The molecule has 0 aromatic heterocycles. The summed E-state index contributed by atoms with van der Waals surface area (Å²) in [7, 11) is 3.09. The third kappa shape index (κ3) is 3.57. The number of carbonyl (C=O) groups is 1. The highest BCUT2D eigenvalue weighted by molar-refractivity contribution is 6.32. The van der Waals surface area contributed by atoms with Crippen molar-refractivity contribution in [2.24, 2.45) is 5.92 Å². The lowest BCUT2D eigenvalue weighted by Gasteiger charge is -2.14. The molecule has 0 unspecified atom stereocenters. The number of rotatable bonds is 5. The van der Waals surface area contributed by atoms with E-state index in [9.17, 15) is 4.79 Å². The molecule has 1 N–H and O–H groups in total. The lowest BCUT2D eigenvalue weighted by atomic mass is 10.0. The van der Waals surface area contributed by atoms with Crippen LogP contribution in [0.5, 0.6) is 11.5 Å². The van der Waals surface area contributed by atoms with Crippen molar-refractivity contribution in [3.63, 3.8) is 0 Å². The number of nitrogens with one attached hydrogen (secondary N) is 1. The number of anilines is 1. The molecule has 110 valence electrons. The van der Waals surface area contributed by atoms with Crippen LogP contribution in [0.3, 0.4) is 0 Å². The second-order valence-electron chi connectivity index (χ2n) is 5.09. The highest BCUT2D eigenvalue weighted by atomic mass is 35.5. The van der Waals surface area contributed by atoms with Crippen LogP contribution in [0.4, 0.5) is 5.69 Å². The Kier molecular flexibility index (Phi) is 5.12. The number of methoxy groups -OCH3 is 2. The first-order valence-corrected chi connectivity index (χ1v) is 7.23. The maximum Gasteiger partial charge on any atom is 0.224 e. The zero-order chi connectivity index (χ0) is 14.5. The Bertz CT molecular complexity index is 484. The molecule has 0 saturated heterocycles. The van der Waals surface area contributed by atoms with Crippen molar-refractivity contribution in [3.05, 3.63) is 17.2 Å². The predicted molar refractivity (Wildman–Crippen MR) is 79.8 cm³/mol. The standard InChI is InChI=1S/C15H20ClNO3/c1-19-13-9-14(20-2)12(8-11(13)16)17-15(18)7-10-5-3-4-6-10/h8-10H,3-7H2,1-2H3,(H,17,18). The van der Waals surface area contributed by atoms with E-state index in [0.717, 1.165) is 12.8 Å². The monoisotopic (exact) mass is 297 g/mol. The number of hydrogen-bond donors (Lipinski definition) is 1. The Balaban J connectivity index is 2.07. The van der Waals surface area contributed by atoms with Gasteiger partial charge in [-0.3, -0.25) is 4.79 Å². The molecule has 4 nitrogen and oxygen atoms in total. The molecule has 0 atom stereocenters. The van der Waals surface area contributed by atoms with E-state index in [-0.39, 0.29) is 5.91 Å². The van der Waals surface area contributed by atoms with Crippen LogP contribution in [0.2, 0.25) is 5.02 Å². The van der Waals surface area contributed by atoms with Crippen LogP contribution in [-0.4, -0.2) is 20.1 Å². The minimum absolute atomic E-state index is 0.0106. The van der Waals surface area contributed by atoms with Gasteiger partial charge in [-0.15, -0.1) is 0 Å². The molecule has 0 radical (unpaired) electrons. The fourth-order valence-electron chi connectivity index (χ4n) is 2.64. The van der Waals surface area contributed by atoms with Gasteiger partial charge in [-0.1, -0.05) is 24.4 Å². The third-order valence-corrected chi connectivity index (χ3v) is 3.99. The summed E-state index contributed by atoms with van der Waals surface area (Å²) in [6.45, 7) is 0. The quantitative estimate of drug-likeness (QED) is 0.897. The van der Waals surface area contributed by atoms with E-state index in [1.54, 1.807) is 26.4 Å². The summed E-state index contributed by atoms with van der Waals surface area (Å²) in [5.74, 6) is 1.59.